The predicted molar refractivity (Wildman–Crippen MR) is 95.2 cm³/mol. The number of aromatic nitrogens is 2. The van der Waals surface area contributed by atoms with Crippen LogP contribution in [-0.2, 0) is 4.79 Å². The second kappa shape index (κ2) is 6.08. The summed E-state index contributed by atoms with van der Waals surface area (Å²) >= 11 is 0. The van der Waals surface area contributed by atoms with E-state index in [0.717, 1.165) is 16.6 Å². The fourth-order valence-corrected chi connectivity index (χ4v) is 3.41. The SMILES string of the molecule is COc1ccc([C@H]2[C@H](C#N)C(=O)Nc3nc4ccccc4n32)c(OC)c1. The number of nitrogens with one attached hydrogen (secondary N) is 1. The van der Waals surface area contributed by atoms with Crippen LogP contribution in [0.5, 0.6) is 11.5 Å². The molecule has 0 saturated carbocycles. The monoisotopic (exact) mass is 348 g/mol. The van der Waals surface area contributed by atoms with Crippen molar-refractivity contribution in [2.45, 2.75) is 6.04 Å². The van der Waals surface area contributed by atoms with Crippen LogP contribution in [0.1, 0.15) is 11.6 Å². The highest BCUT2D eigenvalue weighted by Gasteiger charge is 2.40. The smallest absolute Gasteiger partial charge is 0.246 e. The number of carbonyl (C=O) groups excluding carboxylic acids is 1. The Morgan fingerprint density at radius 3 is 2.73 bits per heavy atom. The Morgan fingerprint density at radius 1 is 1.19 bits per heavy atom. The normalized spacial score (nSPS) is 18.7. The van der Waals surface area contributed by atoms with E-state index in [1.807, 2.05) is 34.9 Å². The van der Waals surface area contributed by atoms with Gasteiger partial charge in [-0.05, 0) is 24.3 Å². The number of fused-ring (bicyclic) bond motifs is 3. The van der Waals surface area contributed by atoms with Crippen LogP contribution in [0.15, 0.2) is 42.5 Å². The van der Waals surface area contributed by atoms with E-state index in [1.165, 1.54) is 0 Å². The summed E-state index contributed by atoms with van der Waals surface area (Å²) in [7, 11) is 3.12. The zero-order valence-corrected chi connectivity index (χ0v) is 14.3. The fraction of sp³-hybridized carbons (Fsp3) is 0.211. The van der Waals surface area contributed by atoms with Crippen molar-refractivity contribution in [3.63, 3.8) is 0 Å². The molecule has 0 radical (unpaired) electrons. The van der Waals surface area contributed by atoms with Gasteiger partial charge in [-0.3, -0.25) is 10.1 Å². The predicted octanol–water partition coefficient (Wildman–Crippen LogP) is 2.73. The number of anilines is 1. The Balaban J connectivity index is 2.00. The van der Waals surface area contributed by atoms with E-state index < -0.39 is 12.0 Å². The maximum atomic E-state index is 12.5. The topological polar surface area (TPSA) is 89.2 Å². The molecule has 0 unspecified atom stereocenters. The molecule has 0 aliphatic carbocycles. The molecule has 130 valence electrons. The Bertz CT molecular complexity index is 1050. The summed E-state index contributed by atoms with van der Waals surface area (Å²) in [6.45, 7) is 0. The van der Waals surface area contributed by atoms with E-state index in [9.17, 15) is 10.1 Å². The molecule has 4 rings (SSSR count). The largest absolute Gasteiger partial charge is 0.497 e. The van der Waals surface area contributed by atoms with Crippen LogP contribution < -0.4 is 14.8 Å². The highest BCUT2D eigenvalue weighted by atomic mass is 16.5. The van der Waals surface area contributed by atoms with Crippen molar-refractivity contribution >= 4 is 22.9 Å². The van der Waals surface area contributed by atoms with Gasteiger partial charge in [-0.15, -0.1) is 0 Å². The molecule has 2 aromatic carbocycles. The van der Waals surface area contributed by atoms with Gasteiger partial charge < -0.3 is 14.0 Å². The van der Waals surface area contributed by atoms with Crippen molar-refractivity contribution in [2.75, 3.05) is 19.5 Å². The van der Waals surface area contributed by atoms with Gasteiger partial charge in [0.1, 0.15) is 11.5 Å². The maximum absolute atomic E-state index is 12.5. The molecule has 0 saturated heterocycles. The Morgan fingerprint density at radius 2 is 2.00 bits per heavy atom. The molecule has 0 spiro atoms. The molecule has 1 aliphatic rings. The minimum atomic E-state index is -0.914. The first-order valence-electron chi connectivity index (χ1n) is 8.07. The minimum Gasteiger partial charge on any atom is -0.497 e. The second-order valence-electron chi connectivity index (χ2n) is 5.94. The summed E-state index contributed by atoms with van der Waals surface area (Å²) in [5.74, 6) is 0.314. The number of hydrogen-bond acceptors (Lipinski definition) is 5. The molecule has 7 heteroatoms. The summed E-state index contributed by atoms with van der Waals surface area (Å²) in [5, 5.41) is 12.4. The van der Waals surface area contributed by atoms with Gasteiger partial charge in [0.2, 0.25) is 11.9 Å². The van der Waals surface area contributed by atoms with Crippen LogP contribution in [0.2, 0.25) is 0 Å². The van der Waals surface area contributed by atoms with Gasteiger partial charge >= 0.3 is 0 Å². The van der Waals surface area contributed by atoms with Gasteiger partial charge in [0, 0.05) is 11.6 Å². The lowest BCUT2D eigenvalue weighted by Gasteiger charge is -2.30. The van der Waals surface area contributed by atoms with Gasteiger partial charge in [0.15, 0.2) is 5.92 Å². The Kier molecular flexibility index (Phi) is 3.73. The van der Waals surface area contributed by atoms with Crippen molar-refractivity contribution in [1.82, 2.24) is 9.55 Å². The van der Waals surface area contributed by atoms with Crippen LogP contribution in [0.3, 0.4) is 0 Å². The van der Waals surface area contributed by atoms with E-state index in [1.54, 1.807) is 26.4 Å². The molecular formula is C19H16N4O3. The lowest BCUT2D eigenvalue weighted by molar-refractivity contribution is -0.119. The fourth-order valence-electron chi connectivity index (χ4n) is 3.41. The second-order valence-corrected chi connectivity index (χ2v) is 5.94. The number of ether oxygens (including phenoxy) is 2. The highest BCUT2D eigenvalue weighted by Crippen LogP contribution is 2.41. The molecule has 1 aliphatic heterocycles. The summed E-state index contributed by atoms with van der Waals surface area (Å²) in [6.07, 6.45) is 0. The van der Waals surface area contributed by atoms with Gasteiger partial charge in [-0.2, -0.15) is 5.26 Å². The van der Waals surface area contributed by atoms with Crippen molar-refractivity contribution in [3.05, 3.63) is 48.0 Å². The van der Waals surface area contributed by atoms with Crippen LogP contribution in [0, 0.1) is 17.2 Å². The first-order chi connectivity index (χ1) is 12.7. The number of hydrogen-bond donors (Lipinski definition) is 1. The van der Waals surface area contributed by atoms with Gasteiger partial charge in [-0.1, -0.05) is 12.1 Å². The number of methoxy groups -OCH3 is 2. The molecule has 3 aromatic rings. The van der Waals surface area contributed by atoms with E-state index in [4.69, 9.17) is 9.47 Å². The number of carbonyl (C=O) groups is 1. The standard InChI is InChI=1S/C19H16N4O3/c1-25-11-7-8-12(16(9-11)26-2)17-13(10-20)18(24)22-19-21-14-5-3-4-6-15(14)23(17)19/h3-9,13,17H,1-2H3,(H,21,22,24)/t13-,17-/m0/s1. The third-order valence-corrected chi connectivity index (χ3v) is 4.61. The quantitative estimate of drug-likeness (QED) is 0.786. The number of para-hydroxylation sites is 2. The molecule has 7 nitrogen and oxygen atoms in total. The third-order valence-electron chi connectivity index (χ3n) is 4.61. The van der Waals surface area contributed by atoms with E-state index in [0.29, 0.717) is 17.4 Å². The highest BCUT2D eigenvalue weighted by molar-refractivity contribution is 5.97. The maximum Gasteiger partial charge on any atom is 0.246 e. The molecular weight excluding hydrogens is 332 g/mol. The minimum absolute atomic E-state index is 0.377. The van der Waals surface area contributed by atoms with E-state index >= 15 is 0 Å². The van der Waals surface area contributed by atoms with Crippen molar-refractivity contribution in [3.8, 4) is 17.6 Å². The number of nitrogens with zero attached hydrogens (tertiary/aromatic N) is 3. The number of nitriles is 1. The Labute approximate surface area is 149 Å². The van der Waals surface area contributed by atoms with Gasteiger partial charge in [-0.25, -0.2) is 4.98 Å². The summed E-state index contributed by atoms with van der Waals surface area (Å²) in [6, 6.07) is 14.5. The number of amides is 1. The molecule has 2 atom stereocenters. The van der Waals surface area contributed by atoms with Gasteiger partial charge in [0.25, 0.3) is 0 Å². The van der Waals surface area contributed by atoms with Crippen molar-refractivity contribution < 1.29 is 14.3 Å². The first kappa shape index (κ1) is 16.0. The molecule has 26 heavy (non-hydrogen) atoms. The summed E-state index contributed by atoms with van der Waals surface area (Å²) in [5.41, 5.74) is 2.31. The lowest BCUT2D eigenvalue weighted by Crippen LogP contribution is -2.37. The number of benzene rings is 2. The van der Waals surface area contributed by atoms with Crippen LogP contribution in [-0.4, -0.2) is 29.7 Å². The van der Waals surface area contributed by atoms with Crippen molar-refractivity contribution in [1.29, 1.82) is 5.26 Å². The Hall–Kier alpha value is -3.53. The average molecular weight is 348 g/mol. The van der Waals surface area contributed by atoms with Crippen LogP contribution in [0.25, 0.3) is 11.0 Å². The summed E-state index contributed by atoms with van der Waals surface area (Å²) < 4.78 is 12.7. The van der Waals surface area contributed by atoms with E-state index in [-0.39, 0.29) is 5.91 Å². The van der Waals surface area contributed by atoms with E-state index in [2.05, 4.69) is 16.4 Å². The first-order valence-corrected chi connectivity index (χ1v) is 8.07. The zero-order valence-electron chi connectivity index (χ0n) is 14.3. The molecule has 0 bridgehead atoms. The number of imidazole rings is 1. The zero-order chi connectivity index (χ0) is 18.3. The van der Waals surface area contributed by atoms with Crippen LogP contribution in [0.4, 0.5) is 5.95 Å². The van der Waals surface area contributed by atoms with Gasteiger partial charge in [0.05, 0.1) is 37.4 Å². The van der Waals surface area contributed by atoms with Crippen molar-refractivity contribution in [2.24, 2.45) is 5.92 Å². The molecule has 0 fully saturated rings. The van der Waals surface area contributed by atoms with Crippen LogP contribution >= 0.6 is 0 Å². The summed E-state index contributed by atoms with van der Waals surface area (Å²) in [4.78, 5) is 17.0. The average Bonchev–Trinajstić information content (AvgIpc) is 3.04. The molecule has 1 N–H and O–H groups in total. The molecule has 2 heterocycles. The third kappa shape index (κ3) is 2.27. The molecule has 1 aromatic heterocycles. The lowest BCUT2D eigenvalue weighted by atomic mass is 9.90. The molecule has 1 amide bonds. The number of rotatable bonds is 3.